The number of hydrogen-bond acceptors (Lipinski definition) is 4. The molecule has 0 aliphatic rings. The molecule has 0 aliphatic heterocycles. The van der Waals surface area contributed by atoms with Crippen LogP contribution in [-0.2, 0) is 0 Å². The summed E-state index contributed by atoms with van der Waals surface area (Å²) in [7, 11) is 0. The highest BCUT2D eigenvalue weighted by Gasteiger charge is 2.17. The number of nitro groups is 1. The Hall–Kier alpha value is -2.41. The topological polar surface area (TPSA) is 72.2 Å². The maximum absolute atomic E-state index is 13.5. The molecule has 0 saturated heterocycles. The maximum Gasteiger partial charge on any atom is 0.304 e. The lowest BCUT2D eigenvalue weighted by Gasteiger charge is -2.09. The average molecular weight is 306 g/mol. The molecule has 2 aromatic rings. The zero-order valence-corrected chi connectivity index (χ0v) is 11.8. The summed E-state index contributed by atoms with van der Waals surface area (Å²) in [6.45, 7) is 0. The highest BCUT2D eigenvalue weighted by molar-refractivity contribution is 7.98. The fourth-order valence-corrected chi connectivity index (χ4v) is 2.29. The van der Waals surface area contributed by atoms with Crippen molar-refractivity contribution in [3.8, 4) is 0 Å². The van der Waals surface area contributed by atoms with Crippen molar-refractivity contribution in [3.05, 3.63) is 64.0 Å². The molecule has 108 valence electrons. The van der Waals surface area contributed by atoms with Gasteiger partial charge in [0.1, 0.15) is 0 Å². The fraction of sp³-hybridized carbons (Fsp3) is 0.0714. The summed E-state index contributed by atoms with van der Waals surface area (Å²) in [5.41, 5.74) is -0.0289. The van der Waals surface area contributed by atoms with Gasteiger partial charge in [0.25, 0.3) is 5.91 Å². The van der Waals surface area contributed by atoms with Crippen LogP contribution in [0.4, 0.5) is 15.8 Å². The number of carbonyl (C=O) groups excluding carboxylic acids is 1. The summed E-state index contributed by atoms with van der Waals surface area (Å²) in [4.78, 5) is 22.6. The minimum atomic E-state index is -1.04. The third-order valence-electron chi connectivity index (χ3n) is 2.76. The van der Waals surface area contributed by atoms with Crippen molar-refractivity contribution in [3.63, 3.8) is 0 Å². The van der Waals surface area contributed by atoms with Crippen LogP contribution < -0.4 is 5.32 Å². The van der Waals surface area contributed by atoms with Crippen LogP contribution in [0.1, 0.15) is 10.4 Å². The Balaban J connectivity index is 2.25. The molecule has 0 spiro atoms. The quantitative estimate of drug-likeness (QED) is 0.531. The molecule has 0 saturated carbocycles. The first-order valence-electron chi connectivity index (χ1n) is 5.91. The number of nitro benzene ring substituents is 1. The highest BCUT2D eigenvalue weighted by Crippen LogP contribution is 2.25. The van der Waals surface area contributed by atoms with E-state index in [0.717, 1.165) is 17.0 Å². The second kappa shape index (κ2) is 6.36. The van der Waals surface area contributed by atoms with Gasteiger partial charge in [-0.25, -0.2) is 0 Å². The third kappa shape index (κ3) is 3.38. The number of hydrogen-bond donors (Lipinski definition) is 1. The zero-order valence-electron chi connectivity index (χ0n) is 11.0. The minimum Gasteiger partial charge on any atom is -0.321 e. The molecule has 2 rings (SSSR count). The molecule has 0 aromatic heterocycles. The molecule has 0 atom stereocenters. The van der Waals surface area contributed by atoms with Crippen LogP contribution in [0.25, 0.3) is 0 Å². The highest BCUT2D eigenvalue weighted by atomic mass is 32.2. The van der Waals surface area contributed by atoms with Gasteiger partial charge in [-0.1, -0.05) is 12.1 Å². The lowest BCUT2D eigenvalue weighted by molar-refractivity contribution is -0.387. The molecule has 21 heavy (non-hydrogen) atoms. The Morgan fingerprint density at radius 3 is 2.62 bits per heavy atom. The first kappa shape index (κ1) is 15.0. The first-order chi connectivity index (χ1) is 10.0. The SMILES string of the molecule is CSc1ccccc1NC(=O)c1ccc([N+](=O)[O-])c(F)c1. The van der Waals surface area contributed by atoms with Gasteiger partial charge in [-0.2, -0.15) is 4.39 Å². The van der Waals surface area contributed by atoms with Crippen molar-refractivity contribution >= 4 is 29.0 Å². The van der Waals surface area contributed by atoms with Crippen LogP contribution in [-0.4, -0.2) is 17.1 Å². The van der Waals surface area contributed by atoms with Crippen molar-refractivity contribution in [1.29, 1.82) is 0 Å². The number of para-hydroxylation sites is 1. The molecule has 0 fully saturated rings. The van der Waals surface area contributed by atoms with Gasteiger partial charge in [-0.05, 0) is 30.5 Å². The number of thioether (sulfide) groups is 1. The molecule has 0 heterocycles. The average Bonchev–Trinajstić information content (AvgIpc) is 2.47. The van der Waals surface area contributed by atoms with Gasteiger partial charge in [-0.15, -0.1) is 11.8 Å². The van der Waals surface area contributed by atoms with E-state index in [2.05, 4.69) is 5.32 Å². The number of anilines is 1. The summed E-state index contributed by atoms with van der Waals surface area (Å²) in [6, 6.07) is 10.2. The monoisotopic (exact) mass is 306 g/mol. The van der Waals surface area contributed by atoms with Gasteiger partial charge in [0.2, 0.25) is 5.82 Å². The van der Waals surface area contributed by atoms with E-state index in [9.17, 15) is 19.3 Å². The van der Waals surface area contributed by atoms with E-state index in [4.69, 9.17) is 0 Å². The predicted octanol–water partition coefficient (Wildman–Crippen LogP) is 3.71. The summed E-state index contributed by atoms with van der Waals surface area (Å²) >= 11 is 1.46. The smallest absolute Gasteiger partial charge is 0.304 e. The largest absolute Gasteiger partial charge is 0.321 e. The van der Waals surface area contributed by atoms with Crippen molar-refractivity contribution in [2.24, 2.45) is 0 Å². The first-order valence-corrected chi connectivity index (χ1v) is 7.13. The Kier molecular flexibility index (Phi) is 4.54. The lowest BCUT2D eigenvalue weighted by Crippen LogP contribution is -2.13. The molecular formula is C14H11FN2O3S. The fourth-order valence-electron chi connectivity index (χ4n) is 1.74. The van der Waals surface area contributed by atoms with Crippen molar-refractivity contribution in [2.45, 2.75) is 4.90 Å². The predicted molar refractivity (Wildman–Crippen MR) is 79.2 cm³/mol. The second-order valence-electron chi connectivity index (χ2n) is 4.08. The molecule has 0 radical (unpaired) electrons. The lowest BCUT2D eigenvalue weighted by atomic mass is 10.2. The minimum absolute atomic E-state index is 0.0222. The molecule has 1 N–H and O–H groups in total. The van der Waals surface area contributed by atoms with E-state index >= 15 is 0 Å². The molecule has 2 aromatic carbocycles. The molecule has 5 nitrogen and oxygen atoms in total. The van der Waals surface area contributed by atoms with E-state index in [1.165, 1.54) is 17.8 Å². The van der Waals surface area contributed by atoms with Crippen LogP contribution in [0.3, 0.4) is 0 Å². The molecule has 1 amide bonds. The van der Waals surface area contributed by atoms with E-state index in [1.54, 1.807) is 12.1 Å². The number of carbonyl (C=O) groups is 1. The van der Waals surface area contributed by atoms with Crippen LogP contribution in [0.15, 0.2) is 47.4 Å². The van der Waals surface area contributed by atoms with Crippen molar-refractivity contribution in [1.82, 2.24) is 0 Å². The van der Waals surface area contributed by atoms with Crippen molar-refractivity contribution in [2.75, 3.05) is 11.6 Å². The van der Waals surface area contributed by atoms with E-state index in [1.807, 2.05) is 18.4 Å². The van der Waals surface area contributed by atoms with Gasteiger partial charge in [-0.3, -0.25) is 14.9 Å². The standard InChI is InChI=1S/C14H11FN2O3S/c1-21-13-5-3-2-4-11(13)16-14(18)9-6-7-12(17(19)20)10(15)8-9/h2-8H,1H3,(H,16,18). The Bertz CT molecular complexity index is 706. The summed E-state index contributed by atoms with van der Waals surface area (Å²) in [5, 5.41) is 13.2. The van der Waals surface area contributed by atoms with Gasteiger partial charge in [0, 0.05) is 16.5 Å². The molecule has 7 heteroatoms. The van der Waals surface area contributed by atoms with Crippen LogP contribution in [0.5, 0.6) is 0 Å². The van der Waals surface area contributed by atoms with Gasteiger partial charge in [0.05, 0.1) is 10.6 Å². The van der Waals surface area contributed by atoms with Crippen LogP contribution in [0, 0.1) is 15.9 Å². The number of benzene rings is 2. The number of amides is 1. The van der Waals surface area contributed by atoms with Gasteiger partial charge in [0.15, 0.2) is 0 Å². The van der Waals surface area contributed by atoms with E-state index in [-0.39, 0.29) is 5.56 Å². The summed E-state index contributed by atoms with van der Waals surface area (Å²) < 4.78 is 13.5. The van der Waals surface area contributed by atoms with Crippen LogP contribution in [0.2, 0.25) is 0 Å². The van der Waals surface area contributed by atoms with Gasteiger partial charge < -0.3 is 5.32 Å². The van der Waals surface area contributed by atoms with Crippen molar-refractivity contribution < 1.29 is 14.1 Å². The Morgan fingerprint density at radius 2 is 2.00 bits per heavy atom. The summed E-state index contributed by atoms with van der Waals surface area (Å²) in [6.07, 6.45) is 1.87. The summed E-state index contributed by atoms with van der Waals surface area (Å²) in [5.74, 6) is -1.56. The zero-order chi connectivity index (χ0) is 15.4. The van der Waals surface area contributed by atoms with E-state index in [0.29, 0.717) is 5.69 Å². The van der Waals surface area contributed by atoms with Gasteiger partial charge >= 0.3 is 5.69 Å². The number of halogens is 1. The van der Waals surface area contributed by atoms with E-state index < -0.39 is 22.3 Å². The molecule has 0 aliphatic carbocycles. The maximum atomic E-state index is 13.5. The number of rotatable bonds is 4. The molecule has 0 bridgehead atoms. The normalized spacial score (nSPS) is 10.2. The number of nitrogens with one attached hydrogen (secondary N) is 1. The van der Waals surface area contributed by atoms with Crippen LogP contribution >= 0.6 is 11.8 Å². The Labute approximate surface area is 124 Å². The second-order valence-corrected chi connectivity index (χ2v) is 4.93. The Morgan fingerprint density at radius 1 is 1.29 bits per heavy atom. The molecule has 0 unspecified atom stereocenters. The number of nitrogens with zero attached hydrogens (tertiary/aromatic N) is 1. The molecular weight excluding hydrogens is 295 g/mol. The third-order valence-corrected chi connectivity index (χ3v) is 3.56.